The Kier molecular flexibility index (Phi) is 6.48. The van der Waals surface area contributed by atoms with Gasteiger partial charge in [-0.1, -0.05) is 11.6 Å². The number of hydrogen-bond acceptors (Lipinski definition) is 10. The largest absolute Gasteiger partial charge is 0.494 e. The first-order valence-corrected chi connectivity index (χ1v) is 11.3. The third kappa shape index (κ3) is 4.76. The molecule has 1 N–H and O–H groups in total. The molecule has 0 spiro atoms. The molecule has 2 unspecified atom stereocenters. The van der Waals surface area contributed by atoms with Gasteiger partial charge in [-0.25, -0.2) is 15.0 Å². The highest BCUT2D eigenvalue weighted by atomic mass is 35.5. The number of nitrogens with zero attached hydrogens (tertiary/aromatic N) is 6. The number of halogens is 2. The summed E-state index contributed by atoms with van der Waals surface area (Å²) in [7, 11) is 1.56. The molecular formula is C23H21ClFN7O3. The molecule has 2 aliphatic heterocycles. The minimum atomic E-state index is -0.729. The molecule has 0 radical (unpaired) electrons. The lowest BCUT2D eigenvalue weighted by molar-refractivity contribution is -0.0780. The van der Waals surface area contributed by atoms with E-state index in [-0.39, 0.29) is 34.7 Å². The van der Waals surface area contributed by atoms with E-state index in [4.69, 9.17) is 31.1 Å². The maximum atomic E-state index is 15.3. The summed E-state index contributed by atoms with van der Waals surface area (Å²) in [5.74, 6) is 0.156. The number of aromatic nitrogens is 4. The monoisotopic (exact) mass is 497 g/mol. The number of nitriles is 1. The first-order valence-electron chi connectivity index (χ1n) is 10.9. The second-order valence-corrected chi connectivity index (χ2v) is 8.65. The average Bonchev–Trinajstić information content (AvgIpc) is 2.87. The number of ether oxygens (including phenoxy) is 3. The van der Waals surface area contributed by atoms with E-state index >= 15 is 4.39 Å². The normalized spacial score (nSPS) is 21.2. The summed E-state index contributed by atoms with van der Waals surface area (Å²) in [5, 5.41) is 12.1. The van der Waals surface area contributed by atoms with Crippen LogP contribution in [0.2, 0.25) is 5.02 Å². The lowest BCUT2D eigenvalue weighted by atomic mass is 9.84. The van der Waals surface area contributed by atoms with Crippen molar-refractivity contribution in [2.75, 3.05) is 43.6 Å². The number of anilines is 3. The minimum Gasteiger partial charge on any atom is -0.494 e. The van der Waals surface area contributed by atoms with E-state index in [1.165, 1.54) is 12.4 Å². The Labute approximate surface area is 205 Å². The van der Waals surface area contributed by atoms with Crippen molar-refractivity contribution in [2.45, 2.75) is 6.10 Å². The van der Waals surface area contributed by atoms with Crippen molar-refractivity contribution in [3.05, 3.63) is 53.3 Å². The smallest absolute Gasteiger partial charge is 0.256 e. The van der Waals surface area contributed by atoms with Crippen molar-refractivity contribution in [2.24, 2.45) is 11.8 Å². The molecule has 0 saturated carbocycles. The molecule has 2 aromatic heterocycles. The summed E-state index contributed by atoms with van der Waals surface area (Å²) in [4.78, 5) is 18.9. The van der Waals surface area contributed by atoms with Gasteiger partial charge in [0, 0.05) is 24.9 Å². The zero-order valence-corrected chi connectivity index (χ0v) is 19.4. The van der Waals surface area contributed by atoms with E-state index < -0.39 is 5.82 Å². The molecule has 0 amide bonds. The molecule has 4 heterocycles. The fraction of sp³-hybridized carbons (Fsp3) is 0.348. The van der Waals surface area contributed by atoms with E-state index in [9.17, 15) is 0 Å². The summed E-state index contributed by atoms with van der Waals surface area (Å²) in [5.41, 5.74) is 0.806. The summed E-state index contributed by atoms with van der Waals surface area (Å²) < 4.78 is 32.3. The van der Waals surface area contributed by atoms with Crippen LogP contribution < -0.4 is 19.7 Å². The number of hydrogen-bond donors (Lipinski definition) is 1. The van der Waals surface area contributed by atoms with Gasteiger partial charge in [0.15, 0.2) is 11.6 Å². The van der Waals surface area contributed by atoms with Crippen LogP contribution in [0.3, 0.4) is 0 Å². The minimum absolute atomic E-state index is 0.0352. The molecule has 3 aromatic rings. The summed E-state index contributed by atoms with van der Waals surface area (Å²) in [6, 6.07) is 6.65. The molecule has 2 bridgehead atoms. The van der Waals surface area contributed by atoms with Gasteiger partial charge in [-0.3, -0.25) is 0 Å². The number of fused-ring (bicyclic) bond motifs is 2. The molecule has 2 fully saturated rings. The third-order valence-electron chi connectivity index (χ3n) is 5.99. The van der Waals surface area contributed by atoms with Crippen LogP contribution in [0.4, 0.5) is 21.8 Å². The molecule has 10 nitrogen and oxygen atoms in total. The zero-order chi connectivity index (χ0) is 24.4. The van der Waals surface area contributed by atoms with Crippen LogP contribution in [0.1, 0.15) is 5.56 Å². The first kappa shape index (κ1) is 23.0. The van der Waals surface area contributed by atoms with Crippen molar-refractivity contribution < 1.29 is 18.6 Å². The molecule has 2 atom stereocenters. The van der Waals surface area contributed by atoms with Crippen molar-refractivity contribution in [1.29, 1.82) is 5.26 Å². The topological polar surface area (TPSA) is 118 Å². The van der Waals surface area contributed by atoms with Gasteiger partial charge in [-0.2, -0.15) is 14.6 Å². The van der Waals surface area contributed by atoms with Crippen LogP contribution >= 0.6 is 11.6 Å². The Morgan fingerprint density at radius 2 is 1.91 bits per heavy atom. The molecule has 1 aromatic carbocycles. The van der Waals surface area contributed by atoms with Crippen molar-refractivity contribution >= 4 is 29.1 Å². The van der Waals surface area contributed by atoms with Gasteiger partial charge in [-0.15, -0.1) is 0 Å². The van der Waals surface area contributed by atoms with E-state index in [2.05, 4.69) is 30.2 Å². The van der Waals surface area contributed by atoms with E-state index in [0.29, 0.717) is 49.3 Å². The van der Waals surface area contributed by atoms with Crippen LogP contribution in [-0.4, -0.2) is 59.5 Å². The Balaban J connectivity index is 1.32. The predicted octanol–water partition coefficient (Wildman–Crippen LogP) is 3.21. The maximum Gasteiger partial charge on any atom is 0.256 e. The highest BCUT2D eigenvalue weighted by Gasteiger charge is 2.43. The molecule has 2 aliphatic rings. The Morgan fingerprint density at radius 3 is 2.57 bits per heavy atom. The molecule has 2 saturated heterocycles. The van der Waals surface area contributed by atoms with E-state index in [1.54, 1.807) is 31.6 Å². The van der Waals surface area contributed by atoms with Crippen molar-refractivity contribution in [3.8, 4) is 17.7 Å². The predicted molar refractivity (Wildman–Crippen MR) is 124 cm³/mol. The molecule has 0 aliphatic carbocycles. The zero-order valence-electron chi connectivity index (χ0n) is 18.7. The Hall–Kier alpha value is -3.75. The molecule has 12 heteroatoms. The molecular weight excluding hydrogens is 477 g/mol. The molecule has 180 valence electrons. The number of piperidine rings is 1. The molecule has 5 rings (SSSR count). The second kappa shape index (κ2) is 9.85. The first-order chi connectivity index (χ1) is 17.1. The molecule has 35 heavy (non-hydrogen) atoms. The summed E-state index contributed by atoms with van der Waals surface area (Å²) >= 11 is 6.21. The van der Waals surface area contributed by atoms with Gasteiger partial charge < -0.3 is 24.4 Å². The number of nitrogens with one attached hydrogen (secondary N) is 1. The number of methoxy groups -OCH3 is 1. The standard InChI is InChI=1S/C23H21ClFN7O3/c1-33-16-6-27-23(28-7-16)32-8-14-10-34-11-15(9-32)20(14)35-22-19(25)21(29-12-30-22)31-18-3-2-13(5-26)4-17(18)24/h2-4,6-7,12,14-15,20H,8-11H2,1H3,(H,29,30,31). The highest BCUT2D eigenvalue weighted by molar-refractivity contribution is 6.33. The van der Waals surface area contributed by atoms with Crippen LogP contribution in [0, 0.1) is 29.0 Å². The SMILES string of the molecule is COc1cnc(N2CC3COCC(C2)C3Oc2ncnc(Nc3ccc(C#N)cc3Cl)c2F)nc1. The summed E-state index contributed by atoms with van der Waals surface area (Å²) in [6.07, 6.45) is 4.18. The summed E-state index contributed by atoms with van der Waals surface area (Å²) in [6.45, 7) is 2.11. The fourth-order valence-electron chi connectivity index (χ4n) is 4.30. The second-order valence-electron chi connectivity index (χ2n) is 8.24. The van der Waals surface area contributed by atoms with Gasteiger partial charge in [0.1, 0.15) is 12.4 Å². The number of rotatable bonds is 6. The average molecular weight is 498 g/mol. The van der Waals surface area contributed by atoms with Crippen molar-refractivity contribution in [3.63, 3.8) is 0 Å². The van der Waals surface area contributed by atoms with Gasteiger partial charge in [0.25, 0.3) is 5.88 Å². The third-order valence-corrected chi connectivity index (χ3v) is 6.31. The Morgan fingerprint density at radius 1 is 1.17 bits per heavy atom. The van der Waals surface area contributed by atoms with Gasteiger partial charge in [-0.05, 0) is 18.2 Å². The lowest BCUT2D eigenvalue weighted by Crippen LogP contribution is -2.58. The van der Waals surface area contributed by atoms with Crippen LogP contribution in [0.25, 0.3) is 0 Å². The fourth-order valence-corrected chi connectivity index (χ4v) is 4.53. The van der Waals surface area contributed by atoms with Crippen LogP contribution in [0.5, 0.6) is 11.6 Å². The van der Waals surface area contributed by atoms with E-state index in [0.717, 1.165) is 0 Å². The quantitative estimate of drug-likeness (QED) is 0.543. The lowest BCUT2D eigenvalue weighted by Gasteiger charge is -2.46. The van der Waals surface area contributed by atoms with Crippen LogP contribution in [0.15, 0.2) is 36.9 Å². The maximum absolute atomic E-state index is 15.3. The van der Waals surface area contributed by atoms with E-state index in [1.807, 2.05) is 6.07 Å². The Bertz CT molecular complexity index is 1240. The highest BCUT2D eigenvalue weighted by Crippen LogP contribution is 2.34. The van der Waals surface area contributed by atoms with Gasteiger partial charge in [0.2, 0.25) is 11.8 Å². The van der Waals surface area contributed by atoms with Crippen molar-refractivity contribution in [1.82, 2.24) is 19.9 Å². The van der Waals surface area contributed by atoms with Gasteiger partial charge in [0.05, 0.1) is 55.1 Å². The van der Waals surface area contributed by atoms with Crippen LogP contribution in [-0.2, 0) is 4.74 Å². The van der Waals surface area contributed by atoms with Gasteiger partial charge >= 0.3 is 0 Å². The number of benzene rings is 1.